The second-order valence-corrected chi connectivity index (χ2v) is 7.36. The molecule has 0 spiro atoms. The van der Waals surface area contributed by atoms with Crippen LogP contribution in [0.25, 0.3) is 10.8 Å². The van der Waals surface area contributed by atoms with Crippen molar-refractivity contribution < 1.29 is 8.42 Å². The summed E-state index contributed by atoms with van der Waals surface area (Å²) in [6, 6.07) is 4.95. The van der Waals surface area contributed by atoms with Gasteiger partial charge in [-0.1, -0.05) is 35.3 Å². The van der Waals surface area contributed by atoms with Crippen molar-refractivity contribution in [1.82, 2.24) is 9.29 Å². The van der Waals surface area contributed by atoms with Crippen LogP contribution in [0.4, 0.5) is 0 Å². The number of benzene rings is 1. The maximum absolute atomic E-state index is 12.7. The van der Waals surface area contributed by atoms with E-state index < -0.39 is 10.0 Å². The molecular formula is C13H12Cl2N2O2S. The first-order valence-corrected chi connectivity index (χ1v) is 8.44. The molecule has 7 heteroatoms. The highest BCUT2D eigenvalue weighted by molar-refractivity contribution is 7.89. The topological polar surface area (TPSA) is 50.3 Å². The minimum absolute atomic E-state index is 0.200. The molecule has 0 N–H and O–H groups in total. The molecule has 3 rings (SSSR count). The first kappa shape index (κ1) is 14.1. The van der Waals surface area contributed by atoms with Crippen LogP contribution in [0, 0.1) is 0 Å². The molecule has 1 aromatic heterocycles. The Morgan fingerprint density at radius 2 is 1.85 bits per heavy atom. The Kier molecular flexibility index (Phi) is 3.62. The normalized spacial score (nSPS) is 16.9. The molecule has 0 aliphatic carbocycles. The zero-order chi connectivity index (χ0) is 14.3. The van der Waals surface area contributed by atoms with Crippen molar-refractivity contribution in [3.05, 3.63) is 34.6 Å². The monoisotopic (exact) mass is 330 g/mol. The molecule has 1 aromatic carbocycles. The molecule has 4 nitrogen and oxygen atoms in total. The van der Waals surface area contributed by atoms with Gasteiger partial charge in [0.15, 0.2) is 0 Å². The average Bonchev–Trinajstić information content (AvgIpc) is 2.97. The van der Waals surface area contributed by atoms with E-state index in [4.69, 9.17) is 23.2 Å². The lowest BCUT2D eigenvalue weighted by molar-refractivity contribution is 0.478. The van der Waals surface area contributed by atoms with Gasteiger partial charge in [-0.25, -0.2) is 13.4 Å². The minimum Gasteiger partial charge on any atom is -0.242 e. The van der Waals surface area contributed by atoms with E-state index in [2.05, 4.69) is 4.98 Å². The highest BCUT2D eigenvalue weighted by Gasteiger charge is 2.29. The van der Waals surface area contributed by atoms with Crippen LogP contribution in [-0.4, -0.2) is 30.8 Å². The van der Waals surface area contributed by atoms with Gasteiger partial charge in [-0.3, -0.25) is 0 Å². The maximum Gasteiger partial charge on any atom is 0.243 e. The number of halogens is 2. The smallest absolute Gasteiger partial charge is 0.242 e. The fourth-order valence-electron chi connectivity index (χ4n) is 2.48. The van der Waals surface area contributed by atoms with E-state index in [0.717, 1.165) is 12.8 Å². The number of hydrogen-bond acceptors (Lipinski definition) is 3. The van der Waals surface area contributed by atoms with Gasteiger partial charge in [-0.2, -0.15) is 4.31 Å². The summed E-state index contributed by atoms with van der Waals surface area (Å²) in [4.78, 5) is 4.15. The fourth-order valence-corrected chi connectivity index (χ4v) is 4.74. The summed E-state index contributed by atoms with van der Waals surface area (Å²) in [7, 11) is -3.54. The van der Waals surface area contributed by atoms with E-state index in [0.29, 0.717) is 28.9 Å². The van der Waals surface area contributed by atoms with Gasteiger partial charge in [0.2, 0.25) is 10.0 Å². The lowest BCUT2D eigenvalue weighted by Gasteiger charge is -2.17. The number of sulfonamides is 1. The van der Waals surface area contributed by atoms with Crippen LogP contribution in [0.3, 0.4) is 0 Å². The maximum atomic E-state index is 12.7. The van der Waals surface area contributed by atoms with E-state index in [1.165, 1.54) is 10.5 Å². The van der Waals surface area contributed by atoms with Crippen molar-refractivity contribution in [2.45, 2.75) is 17.7 Å². The fraction of sp³-hybridized carbons (Fsp3) is 0.308. The standard InChI is InChI=1S/C13H12Cl2N2O2S/c14-10-8-16-13(15)9-4-3-5-11(12(9)10)20(18,19)17-6-1-2-7-17/h3-5,8H,1-2,6-7H2. The number of nitrogens with zero attached hydrogens (tertiary/aromatic N) is 2. The van der Waals surface area contributed by atoms with Gasteiger partial charge in [0.05, 0.1) is 9.92 Å². The summed E-state index contributed by atoms with van der Waals surface area (Å²) in [6.45, 7) is 1.10. The van der Waals surface area contributed by atoms with E-state index in [1.54, 1.807) is 18.2 Å². The zero-order valence-electron chi connectivity index (χ0n) is 10.5. The predicted octanol–water partition coefficient (Wildman–Crippen LogP) is 3.33. The average molecular weight is 331 g/mol. The summed E-state index contributed by atoms with van der Waals surface area (Å²) in [5.41, 5.74) is 0. The molecule has 0 radical (unpaired) electrons. The highest BCUT2D eigenvalue weighted by Crippen LogP contribution is 2.34. The van der Waals surface area contributed by atoms with E-state index in [9.17, 15) is 8.42 Å². The first-order valence-electron chi connectivity index (χ1n) is 6.24. The Bertz CT molecular complexity index is 771. The molecule has 0 saturated carbocycles. The summed E-state index contributed by atoms with van der Waals surface area (Å²) in [5.74, 6) is 0. The molecular weight excluding hydrogens is 319 g/mol. The molecule has 20 heavy (non-hydrogen) atoms. The summed E-state index contributed by atoms with van der Waals surface area (Å²) < 4.78 is 26.9. The van der Waals surface area contributed by atoms with E-state index in [1.807, 2.05) is 0 Å². The van der Waals surface area contributed by atoms with Gasteiger partial charge in [-0.05, 0) is 18.9 Å². The molecule has 1 fully saturated rings. The number of aromatic nitrogens is 1. The molecule has 106 valence electrons. The summed E-state index contributed by atoms with van der Waals surface area (Å²) >= 11 is 12.2. The molecule has 1 aliphatic heterocycles. The largest absolute Gasteiger partial charge is 0.243 e. The third kappa shape index (κ3) is 2.19. The van der Waals surface area contributed by atoms with Crippen molar-refractivity contribution in [2.24, 2.45) is 0 Å². The SMILES string of the molecule is O=S(=O)(c1cccc2c(Cl)ncc(Cl)c12)N1CCCC1. The Hall–Kier alpha value is -0.880. The lowest BCUT2D eigenvalue weighted by atomic mass is 10.2. The second kappa shape index (κ2) is 5.15. The van der Waals surface area contributed by atoms with Gasteiger partial charge in [-0.15, -0.1) is 0 Å². The van der Waals surface area contributed by atoms with Crippen LogP contribution in [0.15, 0.2) is 29.3 Å². The van der Waals surface area contributed by atoms with Gasteiger partial charge in [0.25, 0.3) is 0 Å². The quantitative estimate of drug-likeness (QED) is 0.793. The molecule has 0 unspecified atom stereocenters. The van der Waals surface area contributed by atoms with Crippen LogP contribution < -0.4 is 0 Å². The van der Waals surface area contributed by atoms with Gasteiger partial charge < -0.3 is 0 Å². The second-order valence-electron chi connectivity index (χ2n) is 4.69. The Labute approximate surface area is 127 Å². The van der Waals surface area contributed by atoms with Gasteiger partial charge in [0.1, 0.15) is 5.15 Å². The number of pyridine rings is 1. The van der Waals surface area contributed by atoms with Crippen LogP contribution in [0.1, 0.15) is 12.8 Å². The molecule has 0 atom stereocenters. The van der Waals surface area contributed by atoms with Crippen LogP contribution in [-0.2, 0) is 10.0 Å². The van der Waals surface area contributed by atoms with Crippen molar-refractivity contribution in [1.29, 1.82) is 0 Å². The number of hydrogen-bond donors (Lipinski definition) is 0. The molecule has 1 aliphatic rings. The Morgan fingerprint density at radius 3 is 2.55 bits per heavy atom. The van der Waals surface area contributed by atoms with Crippen molar-refractivity contribution in [2.75, 3.05) is 13.1 Å². The Balaban J connectivity index is 2.29. The number of fused-ring (bicyclic) bond motifs is 1. The zero-order valence-corrected chi connectivity index (χ0v) is 12.8. The Morgan fingerprint density at radius 1 is 1.15 bits per heavy atom. The van der Waals surface area contributed by atoms with Crippen molar-refractivity contribution >= 4 is 44.0 Å². The van der Waals surface area contributed by atoms with Gasteiger partial charge in [0, 0.05) is 30.1 Å². The van der Waals surface area contributed by atoms with Crippen LogP contribution in [0.2, 0.25) is 10.2 Å². The molecule has 0 bridgehead atoms. The van der Waals surface area contributed by atoms with Crippen molar-refractivity contribution in [3.63, 3.8) is 0 Å². The first-order chi connectivity index (χ1) is 9.51. The predicted molar refractivity (Wildman–Crippen MR) is 79.8 cm³/mol. The van der Waals surface area contributed by atoms with Crippen molar-refractivity contribution in [3.8, 4) is 0 Å². The third-order valence-electron chi connectivity index (χ3n) is 3.46. The number of rotatable bonds is 2. The summed E-state index contributed by atoms with van der Waals surface area (Å²) in [5, 5.41) is 1.55. The van der Waals surface area contributed by atoms with Crippen LogP contribution >= 0.6 is 23.2 Å². The molecule has 2 aromatic rings. The van der Waals surface area contributed by atoms with E-state index in [-0.39, 0.29) is 10.0 Å². The lowest BCUT2D eigenvalue weighted by Crippen LogP contribution is -2.28. The van der Waals surface area contributed by atoms with Crippen LogP contribution in [0.5, 0.6) is 0 Å². The minimum atomic E-state index is -3.54. The van der Waals surface area contributed by atoms with Gasteiger partial charge >= 0.3 is 0 Å². The van der Waals surface area contributed by atoms with E-state index >= 15 is 0 Å². The molecule has 0 amide bonds. The third-order valence-corrected chi connectivity index (χ3v) is 5.99. The molecule has 2 heterocycles. The highest BCUT2D eigenvalue weighted by atomic mass is 35.5. The summed E-state index contributed by atoms with van der Waals surface area (Å²) in [6.07, 6.45) is 3.16. The molecule has 1 saturated heterocycles.